The lowest BCUT2D eigenvalue weighted by Crippen LogP contribution is -2.16. The van der Waals surface area contributed by atoms with E-state index >= 15 is 0 Å². The van der Waals surface area contributed by atoms with Gasteiger partial charge in [-0.1, -0.05) is 6.92 Å². The van der Waals surface area contributed by atoms with Gasteiger partial charge in [-0.2, -0.15) is 0 Å². The van der Waals surface area contributed by atoms with Gasteiger partial charge in [0.15, 0.2) is 0 Å². The van der Waals surface area contributed by atoms with Crippen molar-refractivity contribution in [1.82, 2.24) is 0 Å². The average Bonchev–Trinajstić information content (AvgIpc) is 2.76. The molecule has 3 unspecified atom stereocenters. The molecule has 0 radical (unpaired) electrons. The van der Waals surface area contributed by atoms with E-state index in [4.69, 9.17) is 4.74 Å². The Balaban J connectivity index is 2.30. The van der Waals surface area contributed by atoms with Crippen LogP contribution in [-0.2, 0) is 13.7 Å². The molecule has 0 aromatic heterocycles. The van der Waals surface area contributed by atoms with Crippen molar-refractivity contribution in [2.24, 2.45) is 5.92 Å². The van der Waals surface area contributed by atoms with Crippen molar-refractivity contribution >= 4 is 18.9 Å². The number of thiol groups is 1. The third-order valence-electron chi connectivity index (χ3n) is 2.27. The van der Waals surface area contributed by atoms with E-state index in [0.717, 1.165) is 12.8 Å². The maximum absolute atomic E-state index is 11.1. The molecule has 0 aliphatic carbocycles. The second-order valence-electron chi connectivity index (χ2n) is 3.13. The third kappa shape index (κ3) is 2.38. The van der Waals surface area contributed by atoms with Crippen molar-refractivity contribution in [3.8, 4) is 0 Å². The van der Waals surface area contributed by atoms with E-state index in [1.54, 1.807) is 0 Å². The van der Waals surface area contributed by atoms with Crippen LogP contribution >= 0.6 is 12.9 Å². The third-order valence-corrected chi connectivity index (χ3v) is 2.45. The van der Waals surface area contributed by atoms with Gasteiger partial charge in [-0.3, -0.25) is 4.79 Å². The minimum absolute atomic E-state index is 0.0579. The van der Waals surface area contributed by atoms with E-state index in [-0.39, 0.29) is 18.0 Å². The molecule has 1 rings (SSSR count). The molecular formula is C8H14O3S. The first kappa shape index (κ1) is 9.86. The number of carbonyl (C=O) groups is 1. The first-order valence-electron chi connectivity index (χ1n) is 4.19. The van der Waals surface area contributed by atoms with Crippen LogP contribution in [0.5, 0.6) is 0 Å². The second kappa shape index (κ2) is 4.14. The molecule has 1 aliphatic heterocycles. The number of epoxide rings is 1. The number of hydrogen-bond acceptors (Lipinski definition) is 4. The maximum Gasteiger partial charge on any atom is 0.320 e. The van der Waals surface area contributed by atoms with Gasteiger partial charge < -0.3 is 8.92 Å². The van der Waals surface area contributed by atoms with E-state index in [1.807, 2.05) is 13.8 Å². The Morgan fingerprint density at radius 2 is 2.33 bits per heavy atom. The predicted octanol–water partition coefficient (Wildman–Crippen LogP) is 1.58. The summed E-state index contributed by atoms with van der Waals surface area (Å²) in [7, 11) is 0. The summed E-state index contributed by atoms with van der Waals surface area (Å²) in [5, 5.41) is 0. The Morgan fingerprint density at radius 1 is 1.75 bits per heavy atom. The minimum atomic E-state index is -0.247. The molecule has 3 nitrogen and oxygen atoms in total. The molecule has 3 atom stereocenters. The maximum atomic E-state index is 11.1. The van der Waals surface area contributed by atoms with Crippen molar-refractivity contribution in [1.29, 1.82) is 0 Å². The summed E-state index contributed by atoms with van der Waals surface area (Å²) in [6.07, 6.45) is 2.11. The molecule has 4 heteroatoms. The van der Waals surface area contributed by atoms with Crippen LogP contribution in [0.1, 0.15) is 26.7 Å². The zero-order chi connectivity index (χ0) is 9.14. The Morgan fingerprint density at radius 3 is 2.67 bits per heavy atom. The summed E-state index contributed by atoms with van der Waals surface area (Å²) in [6.45, 7) is 3.96. The monoisotopic (exact) mass is 190 g/mol. The van der Waals surface area contributed by atoms with Gasteiger partial charge in [0.25, 0.3) is 0 Å². The van der Waals surface area contributed by atoms with Gasteiger partial charge in [0.1, 0.15) is 0 Å². The summed E-state index contributed by atoms with van der Waals surface area (Å²) in [5.74, 6) is -0.305. The Labute approximate surface area is 78.0 Å². The summed E-state index contributed by atoms with van der Waals surface area (Å²) < 4.78 is 9.58. The summed E-state index contributed by atoms with van der Waals surface area (Å²) in [6, 6.07) is 0. The number of hydrogen-bond donors (Lipinski definition) is 1. The fraction of sp³-hybridized carbons (Fsp3) is 0.875. The molecule has 1 saturated heterocycles. The van der Waals surface area contributed by atoms with E-state index < -0.39 is 0 Å². The van der Waals surface area contributed by atoms with Gasteiger partial charge >= 0.3 is 5.97 Å². The fourth-order valence-corrected chi connectivity index (χ4v) is 1.41. The van der Waals surface area contributed by atoms with Gasteiger partial charge in [-0.05, 0) is 19.8 Å². The van der Waals surface area contributed by atoms with E-state index in [0.29, 0.717) is 6.10 Å². The Bertz CT molecular complexity index is 172. The summed E-state index contributed by atoms with van der Waals surface area (Å²) >= 11 is 3.48. The van der Waals surface area contributed by atoms with Crippen molar-refractivity contribution in [2.45, 2.75) is 38.9 Å². The highest BCUT2D eigenvalue weighted by Gasteiger charge is 2.37. The molecule has 0 aromatic rings. The average molecular weight is 190 g/mol. The summed E-state index contributed by atoms with van der Waals surface area (Å²) in [4.78, 5) is 11.1. The first-order valence-corrected chi connectivity index (χ1v) is 4.56. The van der Waals surface area contributed by atoms with Crippen LogP contribution in [-0.4, -0.2) is 18.2 Å². The van der Waals surface area contributed by atoms with Crippen LogP contribution in [0.25, 0.3) is 0 Å². The van der Waals surface area contributed by atoms with Crippen molar-refractivity contribution in [3.63, 3.8) is 0 Å². The minimum Gasteiger partial charge on any atom is -0.394 e. The molecule has 0 aromatic carbocycles. The molecule has 70 valence electrons. The van der Waals surface area contributed by atoms with E-state index in [9.17, 15) is 4.79 Å². The van der Waals surface area contributed by atoms with Gasteiger partial charge in [-0.25, -0.2) is 0 Å². The van der Waals surface area contributed by atoms with Crippen molar-refractivity contribution < 1.29 is 13.7 Å². The van der Waals surface area contributed by atoms with Gasteiger partial charge in [-0.15, -0.1) is 0 Å². The fourth-order valence-electron chi connectivity index (χ4n) is 1.26. The second-order valence-corrected chi connectivity index (χ2v) is 3.31. The van der Waals surface area contributed by atoms with Crippen LogP contribution < -0.4 is 0 Å². The summed E-state index contributed by atoms with van der Waals surface area (Å²) in [5.41, 5.74) is 0. The molecule has 1 aliphatic rings. The van der Waals surface area contributed by atoms with Gasteiger partial charge in [0.2, 0.25) is 0 Å². The Hall–Kier alpha value is -0.220. The standard InChI is InChI=1S/C8H14O3S/c1-3-6(8(9)11-12)4-7-5(2)10-7/h5-7,12H,3-4H2,1-2H3. The van der Waals surface area contributed by atoms with E-state index in [2.05, 4.69) is 17.1 Å². The molecule has 0 amide bonds. The zero-order valence-electron chi connectivity index (χ0n) is 7.32. The van der Waals surface area contributed by atoms with Crippen molar-refractivity contribution in [2.75, 3.05) is 0 Å². The van der Waals surface area contributed by atoms with Gasteiger partial charge in [0.05, 0.1) is 18.1 Å². The quantitative estimate of drug-likeness (QED) is 0.415. The van der Waals surface area contributed by atoms with E-state index in [1.165, 1.54) is 0 Å². The van der Waals surface area contributed by atoms with Crippen LogP contribution in [0.2, 0.25) is 0 Å². The number of carbonyl (C=O) groups excluding carboxylic acids is 1. The molecule has 1 heterocycles. The Kier molecular flexibility index (Phi) is 3.40. The number of rotatable bonds is 4. The predicted molar refractivity (Wildman–Crippen MR) is 47.8 cm³/mol. The first-order chi connectivity index (χ1) is 5.69. The van der Waals surface area contributed by atoms with Gasteiger partial charge in [0, 0.05) is 12.9 Å². The normalized spacial score (nSPS) is 29.6. The molecule has 0 spiro atoms. The van der Waals surface area contributed by atoms with Crippen LogP contribution in [0, 0.1) is 5.92 Å². The lowest BCUT2D eigenvalue weighted by Gasteiger charge is -2.08. The highest BCUT2D eigenvalue weighted by Crippen LogP contribution is 2.29. The highest BCUT2D eigenvalue weighted by molar-refractivity contribution is 7.75. The van der Waals surface area contributed by atoms with Crippen molar-refractivity contribution in [3.05, 3.63) is 0 Å². The molecule has 0 N–H and O–H groups in total. The van der Waals surface area contributed by atoms with Crippen LogP contribution in [0.3, 0.4) is 0 Å². The molecule has 12 heavy (non-hydrogen) atoms. The molecule has 0 bridgehead atoms. The zero-order valence-corrected chi connectivity index (χ0v) is 8.21. The number of ether oxygens (including phenoxy) is 1. The highest BCUT2D eigenvalue weighted by atomic mass is 32.1. The molecule has 0 saturated carbocycles. The van der Waals surface area contributed by atoms with Crippen LogP contribution in [0.15, 0.2) is 0 Å². The lowest BCUT2D eigenvalue weighted by atomic mass is 10.00. The van der Waals surface area contributed by atoms with Crippen LogP contribution in [0.4, 0.5) is 0 Å². The SMILES string of the molecule is CCC(CC1OC1C)C(=O)OS. The largest absolute Gasteiger partial charge is 0.394 e. The molecule has 1 fully saturated rings. The molecular weight excluding hydrogens is 176 g/mol. The smallest absolute Gasteiger partial charge is 0.320 e. The lowest BCUT2D eigenvalue weighted by molar-refractivity contribution is -0.137. The topological polar surface area (TPSA) is 38.8 Å².